The highest BCUT2D eigenvalue weighted by molar-refractivity contribution is 7.16. The summed E-state index contributed by atoms with van der Waals surface area (Å²) in [5, 5.41) is 9.90. The Morgan fingerprint density at radius 3 is 3.17 bits per heavy atom. The van der Waals surface area contributed by atoms with E-state index in [0.29, 0.717) is 29.6 Å². The molecule has 0 radical (unpaired) electrons. The minimum Gasteiger partial charge on any atom is -0.375 e. The largest absolute Gasteiger partial charge is 0.375 e. The molecule has 1 N–H and O–H groups in total. The molecule has 6 nitrogen and oxygen atoms in total. The standard InChI is InChI=1S/C15H14N4O2S2/c1-19-7-9(13(18-19)11-3-2-6-22-11)14(20)17-15-16-10-4-5-21-8-12(10)23-15/h2-3,6-7H,4-5,8H2,1H3,(H,16,17,20). The van der Waals surface area contributed by atoms with Gasteiger partial charge in [-0.15, -0.1) is 11.3 Å². The van der Waals surface area contributed by atoms with Gasteiger partial charge in [0.05, 0.1) is 34.2 Å². The summed E-state index contributed by atoms with van der Waals surface area (Å²) < 4.78 is 7.07. The third kappa shape index (κ3) is 2.80. The molecule has 4 heterocycles. The summed E-state index contributed by atoms with van der Waals surface area (Å²) in [4.78, 5) is 19.2. The van der Waals surface area contributed by atoms with Crippen molar-refractivity contribution in [3.8, 4) is 10.6 Å². The van der Waals surface area contributed by atoms with Gasteiger partial charge in [0.15, 0.2) is 5.13 Å². The Morgan fingerprint density at radius 2 is 2.39 bits per heavy atom. The number of ether oxygens (including phenoxy) is 1. The van der Waals surface area contributed by atoms with Crippen molar-refractivity contribution in [1.29, 1.82) is 0 Å². The number of hydrogen-bond donors (Lipinski definition) is 1. The number of thiophene rings is 1. The summed E-state index contributed by atoms with van der Waals surface area (Å²) >= 11 is 3.04. The molecule has 0 saturated heterocycles. The lowest BCUT2D eigenvalue weighted by Crippen LogP contribution is -2.12. The van der Waals surface area contributed by atoms with Gasteiger partial charge in [-0.2, -0.15) is 5.10 Å². The fourth-order valence-electron chi connectivity index (χ4n) is 2.49. The number of nitrogens with one attached hydrogen (secondary N) is 1. The van der Waals surface area contributed by atoms with E-state index in [-0.39, 0.29) is 5.91 Å². The molecular weight excluding hydrogens is 332 g/mol. The zero-order valence-corrected chi connectivity index (χ0v) is 14.0. The van der Waals surface area contributed by atoms with Gasteiger partial charge in [0.1, 0.15) is 5.69 Å². The molecule has 0 spiro atoms. The van der Waals surface area contributed by atoms with Crippen LogP contribution in [0.1, 0.15) is 20.9 Å². The van der Waals surface area contributed by atoms with Gasteiger partial charge in [-0.1, -0.05) is 17.4 Å². The van der Waals surface area contributed by atoms with Gasteiger partial charge in [-0.25, -0.2) is 4.98 Å². The molecule has 0 aromatic carbocycles. The van der Waals surface area contributed by atoms with E-state index >= 15 is 0 Å². The van der Waals surface area contributed by atoms with Crippen molar-refractivity contribution < 1.29 is 9.53 Å². The predicted molar refractivity (Wildman–Crippen MR) is 89.9 cm³/mol. The lowest BCUT2D eigenvalue weighted by Gasteiger charge is -2.08. The van der Waals surface area contributed by atoms with Crippen molar-refractivity contribution in [3.05, 3.63) is 39.8 Å². The first-order valence-corrected chi connectivity index (χ1v) is 8.85. The summed E-state index contributed by atoms with van der Waals surface area (Å²) in [5.41, 5.74) is 2.28. The van der Waals surface area contributed by atoms with Gasteiger partial charge in [0.25, 0.3) is 5.91 Å². The Morgan fingerprint density at radius 1 is 1.48 bits per heavy atom. The molecule has 0 atom stereocenters. The van der Waals surface area contributed by atoms with Crippen LogP contribution >= 0.6 is 22.7 Å². The van der Waals surface area contributed by atoms with Crippen LogP contribution in [0.2, 0.25) is 0 Å². The summed E-state index contributed by atoms with van der Waals surface area (Å²) in [6.07, 6.45) is 2.54. The maximum Gasteiger partial charge on any atom is 0.261 e. The highest BCUT2D eigenvalue weighted by atomic mass is 32.1. The number of hydrogen-bond acceptors (Lipinski definition) is 6. The zero-order chi connectivity index (χ0) is 15.8. The highest BCUT2D eigenvalue weighted by Gasteiger charge is 2.21. The molecule has 0 saturated carbocycles. The number of rotatable bonds is 3. The van der Waals surface area contributed by atoms with E-state index in [2.05, 4.69) is 15.4 Å². The Hall–Kier alpha value is -2.03. The Kier molecular flexibility index (Phi) is 3.72. The fraction of sp³-hybridized carbons (Fsp3) is 0.267. The molecule has 4 rings (SSSR count). The maximum atomic E-state index is 12.6. The number of carbonyl (C=O) groups is 1. The molecular formula is C15H14N4O2S2. The second-order valence-corrected chi connectivity index (χ2v) is 7.22. The number of amides is 1. The second-order valence-electron chi connectivity index (χ2n) is 5.19. The molecule has 3 aromatic rings. The van der Waals surface area contributed by atoms with Crippen molar-refractivity contribution in [2.24, 2.45) is 7.05 Å². The van der Waals surface area contributed by atoms with Crippen molar-refractivity contribution in [3.63, 3.8) is 0 Å². The van der Waals surface area contributed by atoms with Crippen LogP contribution in [0.25, 0.3) is 10.6 Å². The molecule has 1 aliphatic heterocycles. The minimum absolute atomic E-state index is 0.187. The number of nitrogens with zero attached hydrogens (tertiary/aromatic N) is 3. The number of anilines is 1. The Balaban J connectivity index is 1.61. The van der Waals surface area contributed by atoms with Crippen molar-refractivity contribution in [1.82, 2.24) is 14.8 Å². The average molecular weight is 346 g/mol. The van der Waals surface area contributed by atoms with Crippen LogP contribution in [-0.2, 0) is 24.8 Å². The number of aromatic nitrogens is 3. The fourth-order valence-corrected chi connectivity index (χ4v) is 4.16. The first-order chi connectivity index (χ1) is 11.2. The smallest absolute Gasteiger partial charge is 0.261 e. The molecule has 3 aromatic heterocycles. The monoisotopic (exact) mass is 346 g/mol. The van der Waals surface area contributed by atoms with Gasteiger partial charge in [0, 0.05) is 19.7 Å². The minimum atomic E-state index is -0.187. The maximum absolute atomic E-state index is 12.6. The predicted octanol–water partition coefficient (Wildman–Crippen LogP) is 2.93. The third-order valence-corrected chi connectivity index (χ3v) is 5.41. The summed E-state index contributed by atoms with van der Waals surface area (Å²) in [6, 6.07) is 3.91. The topological polar surface area (TPSA) is 69.0 Å². The van der Waals surface area contributed by atoms with Crippen LogP contribution in [0.15, 0.2) is 23.7 Å². The zero-order valence-electron chi connectivity index (χ0n) is 12.4. The van der Waals surface area contributed by atoms with Gasteiger partial charge >= 0.3 is 0 Å². The summed E-state index contributed by atoms with van der Waals surface area (Å²) in [6.45, 7) is 1.27. The van der Waals surface area contributed by atoms with Crippen LogP contribution < -0.4 is 5.32 Å². The van der Waals surface area contributed by atoms with E-state index in [9.17, 15) is 4.79 Å². The van der Waals surface area contributed by atoms with Gasteiger partial charge in [-0.05, 0) is 11.4 Å². The molecule has 8 heteroatoms. The number of aryl methyl sites for hydroxylation is 1. The van der Waals surface area contributed by atoms with Crippen LogP contribution in [0, 0.1) is 0 Å². The second kappa shape index (κ2) is 5.88. The molecule has 118 valence electrons. The van der Waals surface area contributed by atoms with Crippen molar-refractivity contribution in [2.75, 3.05) is 11.9 Å². The quantitative estimate of drug-likeness (QED) is 0.792. The van der Waals surface area contributed by atoms with E-state index in [1.807, 2.05) is 24.6 Å². The highest BCUT2D eigenvalue weighted by Crippen LogP contribution is 2.29. The summed E-state index contributed by atoms with van der Waals surface area (Å²) in [5.74, 6) is -0.187. The lowest BCUT2D eigenvalue weighted by molar-refractivity contribution is 0.102. The van der Waals surface area contributed by atoms with E-state index in [1.54, 1.807) is 22.2 Å². The number of fused-ring (bicyclic) bond motifs is 1. The molecule has 0 bridgehead atoms. The number of thiazole rings is 1. The van der Waals surface area contributed by atoms with E-state index < -0.39 is 0 Å². The van der Waals surface area contributed by atoms with Crippen LogP contribution in [0.4, 0.5) is 5.13 Å². The normalized spacial score (nSPS) is 13.8. The number of carbonyl (C=O) groups excluding carboxylic acids is 1. The van der Waals surface area contributed by atoms with E-state index in [4.69, 9.17) is 4.74 Å². The van der Waals surface area contributed by atoms with Gasteiger partial charge < -0.3 is 4.74 Å². The Labute approximate surface area is 140 Å². The van der Waals surface area contributed by atoms with E-state index in [0.717, 1.165) is 21.9 Å². The van der Waals surface area contributed by atoms with Gasteiger partial charge in [-0.3, -0.25) is 14.8 Å². The molecule has 1 aliphatic rings. The molecule has 23 heavy (non-hydrogen) atoms. The molecule has 1 amide bonds. The summed E-state index contributed by atoms with van der Waals surface area (Å²) in [7, 11) is 1.81. The first kappa shape index (κ1) is 14.6. The molecule has 0 fully saturated rings. The van der Waals surface area contributed by atoms with Crippen LogP contribution in [0.5, 0.6) is 0 Å². The molecule has 0 aliphatic carbocycles. The van der Waals surface area contributed by atoms with Crippen molar-refractivity contribution in [2.45, 2.75) is 13.0 Å². The van der Waals surface area contributed by atoms with Crippen LogP contribution in [0.3, 0.4) is 0 Å². The average Bonchev–Trinajstić information content (AvgIpc) is 3.24. The van der Waals surface area contributed by atoms with E-state index in [1.165, 1.54) is 11.3 Å². The van der Waals surface area contributed by atoms with Crippen LogP contribution in [-0.4, -0.2) is 27.3 Å². The van der Waals surface area contributed by atoms with Crippen molar-refractivity contribution >= 4 is 33.7 Å². The first-order valence-electron chi connectivity index (χ1n) is 7.16. The van der Waals surface area contributed by atoms with Gasteiger partial charge in [0.2, 0.25) is 0 Å². The Bertz CT molecular complexity index is 828. The SMILES string of the molecule is Cn1cc(C(=O)Nc2nc3c(s2)COCC3)c(-c2cccs2)n1. The lowest BCUT2D eigenvalue weighted by atomic mass is 10.2. The third-order valence-electron chi connectivity index (χ3n) is 3.54. The molecule has 0 unspecified atom stereocenters.